The zero-order valence-electron chi connectivity index (χ0n) is 22.3. The number of hydrogen-bond donors (Lipinski definition) is 1. The molecule has 0 radical (unpaired) electrons. The van der Waals surface area contributed by atoms with Crippen molar-refractivity contribution in [1.82, 2.24) is 14.8 Å². The van der Waals surface area contributed by atoms with Crippen molar-refractivity contribution in [3.63, 3.8) is 0 Å². The molecule has 4 heterocycles. The van der Waals surface area contributed by atoms with Crippen LogP contribution in [0, 0.1) is 22.7 Å². The maximum absolute atomic E-state index is 12.2. The van der Waals surface area contributed by atoms with Crippen molar-refractivity contribution in [2.45, 2.75) is 31.8 Å². The van der Waals surface area contributed by atoms with E-state index in [4.69, 9.17) is 9.72 Å². The summed E-state index contributed by atoms with van der Waals surface area (Å²) in [6, 6.07) is 9.76. The number of pyridine rings is 1. The molecule has 3 aliphatic heterocycles. The Morgan fingerprint density at radius 3 is 2.62 bits per heavy atom. The maximum atomic E-state index is 12.2. The summed E-state index contributed by atoms with van der Waals surface area (Å²) in [6.07, 6.45) is 4.07. The Morgan fingerprint density at radius 1 is 1.15 bits per heavy atom. The van der Waals surface area contributed by atoms with Crippen molar-refractivity contribution >= 4 is 17.3 Å². The highest BCUT2D eigenvalue weighted by Gasteiger charge is 2.32. The molecule has 3 aliphatic rings. The number of ether oxygens (including phenoxy) is 1. The van der Waals surface area contributed by atoms with Crippen molar-refractivity contribution in [1.29, 1.82) is 10.5 Å². The van der Waals surface area contributed by atoms with Gasteiger partial charge in [0.05, 0.1) is 29.2 Å². The van der Waals surface area contributed by atoms with E-state index in [9.17, 15) is 20.4 Å². The molecule has 2 aromatic rings. The van der Waals surface area contributed by atoms with Gasteiger partial charge in [0.1, 0.15) is 30.1 Å². The molecule has 1 unspecified atom stereocenters. The first-order valence-corrected chi connectivity index (χ1v) is 13.4. The van der Waals surface area contributed by atoms with Gasteiger partial charge in [-0.3, -0.25) is 4.79 Å². The van der Waals surface area contributed by atoms with Crippen LogP contribution in [-0.4, -0.2) is 84.8 Å². The van der Waals surface area contributed by atoms with Crippen LogP contribution in [0.5, 0.6) is 11.6 Å². The van der Waals surface area contributed by atoms with E-state index >= 15 is 0 Å². The van der Waals surface area contributed by atoms with E-state index in [0.29, 0.717) is 75.0 Å². The smallest absolute Gasteiger partial charge is 0.246 e. The number of aromatic hydroxyl groups is 1. The molecule has 0 aliphatic carbocycles. The van der Waals surface area contributed by atoms with Crippen LogP contribution in [0.25, 0.3) is 0 Å². The van der Waals surface area contributed by atoms with Crippen LogP contribution in [0.15, 0.2) is 30.9 Å². The fourth-order valence-electron chi connectivity index (χ4n) is 5.88. The summed E-state index contributed by atoms with van der Waals surface area (Å²) in [4.78, 5) is 25.2. The number of rotatable bonds is 6. The number of phenolic OH excluding ortho intramolecular Hbond substituents is 1. The summed E-state index contributed by atoms with van der Waals surface area (Å²) < 4.78 is 6.27. The lowest BCUT2D eigenvalue weighted by Gasteiger charge is -2.39. The number of aromatic nitrogens is 1. The lowest BCUT2D eigenvalue weighted by molar-refractivity contribution is -0.126. The topological polar surface area (TPSA) is 120 Å². The van der Waals surface area contributed by atoms with Gasteiger partial charge in [-0.15, -0.1) is 0 Å². The predicted molar refractivity (Wildman–Crippen MR) is 147 cm³/mol. The van der Waals surface area contributed by atoms with Crippen molar-refractivity contribution in [2.75, 3.05) is 62.7 Å². The summed E-state index contributed by atoms with van der Waals surface area (Å²) in [6.45, 7) is 8.22. The number of piperazine rings is 1. The summed E-state index contributed by atoms with van der Waals surface area (Å²) in [7, 11) is 2.08. The molecule has 0 saturated carbocycles. The number of nitrogens with zero attached hydrogens (tertiary/aromatic N) is 7. The van der Waals surface area contributed by atoms with Gasteiger partial charge in [-0.25, -0.2) is 4.98 Å². The van der Waals surface area contributed by atoms with Gasteiger partial charge in [-0.2, -0.15) is 10.5 Å². The second-order valence-electron chi connectivity index (χ2n) is 10.2. The van der Waals surface area contributed by atoms with Crippen molar-refractivity contribution in [3.05, 3.63) is 53.2 Å². The molecule has 1 aromatic carbocycles. The van der Waals surface area contributed by atoms with Gasteiger partial charge < -0.3 is 29.4 Å². The Hall–Kier alpha value is -4.28. The average molecular weight is 528 g/mol. The van der Waals surface area contributed by atoms with Crippen molar-refractivity contribution in [2.24, 2.45) is 0 Å². The quantitative estimate of drug-likeness (QED) is 0.565. The molecule has 1 atom stereocenters. The van der Waals surface area contributed by atoms with Crippen LogP contribution < -0.4 is 14.5 Å². The molecule has 1 amide bonds. The minimum atomic E-state index is -0.0942. The Kier molecular flexibility index (Phi) is 7.58. The third kappa shape index (κ3) is 5.08. The number of likely N-dealkylation sites (tertiary alicyclic amines) is 1. The summed E-state index contributed by atoms with van der Waals surface area (Å²) >= 11 is 0. The monoisotopic (exact) mass is 527 g/mol. The molecule has 202 valence electrons. The van der Waals surface area contributed by atoms with Gasteiger partial charge in [0.15, 0.2) is 0 Å². The molecule has 0 spiro atoms. The maximum Gasteiger partial charge on any atom is 0.246 e. The van der Waals surface area contributed by atoms with Gasteiger partial charge in [0, 0.05) is 44.3 Å². The molecule has 10 heteroatoms. The number of benzene rings is 1. The molecule has 1 aromatic heterocycles. The zero-order chi connectivity index (χ0) is 27.5. The number of anilines is 2. The SMILES string of the molecule is C=CC(=O)N1CCN(c2c(C#N)c(OCC3CCCN3C)nc3c2CCN(c2c(O)cccc2C#N)C3)CC1. The van der Waals surface area contributed by atoms with E-state index in [2.05, 4.69) is 35.6 Å². The van der Waals surface area contributed by atoms with E-state index in [-0.39, 0.29) is 17.7 Å². The Morgan fingerprint density at radius 2 is 1.95 bits per heavy atom. The Balaban J connectivity index is 1.52. The Labute approximate surface area is 228 Å². The number of amides is 1. The molecule has 2 fully saturated rings. The van der Waals surface area contributed by atoms with Crippen LogP contribution >= 0.6 is 0 Å². The van der Waals surface area contributed by atoms with E-state index in [1.54, 1.807) is 23.1 Å². The van der Waals surface area contributed by atoms with Crippen LogP contribution in [0.2, 0.25) is 0 Å². The molecule has 39 heavy (non-hydrogen) atoms. The van der Waals surface area contributed by atoms with Gasteiger partial charge >= 0.3 is 0 Å². The van der Waals surface area contributed by atoms with Crippen molar-refractivity contribution < 1.29 is 14.6 Å². The van der Waals surface area contributed by atoms with Crippen LogP contribution in [0.4, 0.5) is 11.4 Å². The number of carbonyl (C=O) groups excluding carboxylic acids is 1. The van der Waals surface area contributed by atoms with E-state index in [1.807, 2.05) is 4.90 Å². The first-order valence-electron chi connectivity index (χ1n) is 13.4. The summed E-state index contributed by atoms with van der Waals surface area (Å²) in [5, 5.41) is 30.6. The molecular formula is C29H33N7O3. The van der Waals surface area contributed by atoms with Crippen LogP contribution in [0.1, 0.15) is 35.2 Å². The van der Waals surface area contributed by atoms with Gasteiger partial charge in [-0.1, -0.05) is 12.6 Å². The summed E-state index contributed by atoms with van der Waals surface area (Å²) in [5.41, 5.74) is 3.88. The lowest BCUT2D eigenvalue weighted by Crippen LogP contribution is -2.49. The highest BCUT2D eigenvalue weighted by molar-refractivity contribution is 5.87. The van der Waals surface area contributed by atoms with E-state index in [0.717, 1.165) is 36.3 Å². The highest BCUT2D eigenvalue weighted by atomic mass is 16.5. The predicted octanol–water partition coefficient (Wildman–Crippen LogP) is 2.40. The largest absolute Gasteiger partial charge is 0.506 e. The molecule has 2 saturated heterocycles. The van der Waals surface area contributed by atoms with Gasteiger partial charge in [0.2, 0.25) is 11.8 Å². The minimum Gasteiger partial charge on any atom is -0.506 e. The second-order valence-corrected chi connectivity index (χ2v) is 10.2. The average Bonchev–Trinajstić information content (AvgIpc) is 3.38. The third-order valence-electron chi connectivity index (χ3n) is 8.02. The summed E-state index contributed by atoms with van der Waals surface area (Å²) in [5.74, 6) is 0.272. The molecule has 0 bridgehead atoms. The zero-order valence-corrected chi connectivity index (χ0v) is 22.3. The number of likely N-dealkylation sites (N-methyl/N-ethyl adjacent to an activating group) is 1. The first kappa shape index (κ1) is 26.3. The number of fused-ring (bicyclic) bond motifs is 1. The molecular weight excluding hydrogens is 494 g/mol. The van der Waals surface area contributed by atoms with Gasteiger partial charge in [0.25, 0.3) is 0 Å². The van der Waals surface area contributed by atoms with E-state index < -0.39 is 0 Å². The second kappa shape index (κ2) is 11.2. The molecule has 1 N–H and O–H groups in total. The highest BCUT2D eigenvalue weighted by Crippen LogP contribution is 2.40. The third-order valence-corrected chi connectivity index (χ3v) is 8.02. The molecule has 5 rings (SSSR count). The van der Waals surface area contributed by atoms with Crippen LogP contribution in [0.3, 0.4) is 0 Å². The number of carbonyl (C=O) groups is 1. The fourth-order valence-corrected chi connectivity index (χ4v) is 5.88. The standard InChI is InChI=1S/C29H33N7O3/c1-3-26(38)34-12-14-35(15-13-34)28-22-9-11-36(27-20(16-30)6-4-8-25(27)37)18-24(22)32-29(23(28)17-31)39-19-21-7-5-10-33(21)2/h3-4,6,8,21,37H,1,5,7,9-15,18-19H2,2H3. The fraction of sp³-hybridized carbons (Fsp3) is 0.448. The number of para-hydroxylation sites is 1. The number of hydrogen-bond acceptors (Lipinski definition) is 9. The first-order chi connectivity index (χ1) is 18.9. The minimum absolute atomic E-state index is 0.0510. The van der Waals surface area contributed by atoms with Gasteiger partial charge in [-0.05, 0) is 51.1 Å². The Bertz CT molecular complexity index is 1350. The van der Waals surface area contributed by atoms with Crippen molar-refractivity contribution in [3.8, 4) is 23.8 Å². The lowest BCUT2D eigenvalue weighted by atomic mass is 9.97. The number of phenols is 1. The van der Waals surface area contributed by atoms with Crippen LogP contribution in [-0.2, 0) is 17.8 Å². The van der Waals surface area contributed by atoms with E-state index in [1.165, 1.54) is 6.08 Å². The normalized spacial score (nSPS) is 19.3. The number of nitriles is 2. The molecule has 10 nitrogen and oxygen atoms in total.